The van der Waals surface area contributed by atoms with Crippen LogP contribution >= 0.6 is 0 Å². The molecule has 1 aromatic heterocycles. The Morgan fingerprint density at radius 1 is 1.26 bits per heavy atom. The molecule has 0 unspecified atom stereocenters. The summed E-state index contributed by atoms with van der Waals surface area (Å²) < 4.78 is 7.64. The molecule has 0 N–H and O–H groups in total. The van der Waals surface area contributed by atoms with Crippen LogP contribution in [0.25, 0.3) is 11.3 Å². The Labute approximate surface area is 111 Å². The van der Waals surface area contributed by atoms with E-state index < -0.39 is 0 Å². The van der Waals surface area contributed by atoms with Gasteiger partial charge < -0.3 is 4.74 Å². The highest BCUT2D eigenvalue weighted by atomic mass is 16.5. The first-order chi connectivity index (χ1) is 9.15. The number of ether oxygens (including phenoxy) is 1. The van der Waals surface area contributed by atoms with Crippen LogP contribution in [0, 0.1) is 0 Å². The molecule has 0 spiro atoms. The van der Waals surface area contributed by atoms with E-state index >= 15 is 0 Å². The molecule has 1 aromatic carbocycles. The van der Waals surface area contributed by atoms with Crippen molar-refractivity contribution >= 4 is 5.91 Å². The lowest BCUT2D eigenvalue weighted by molar-refractivity contribution is 0.0933. The van der Waals surface area contributed by atoms with Crippen LogP contribution in [-0.2, 0) is 11.3 Å². The van der Waals surface area contributed by atoms with E-state index in [9.17, 15) is 9.59 Å². The third-order valence-electron chi connectivity index (χ3n) is 2.88. The van der Waals surface area contributed by atoms with Gasteiger partial charge in [0, 0.05) is 25.8 Å². The molecule has 0 fully saturated rings. The molecule has 0 aliphatic rings. The molecule has 0 bridgehead atoms. The number of nitrogens with zero attached hydrogens (tertiary/aromatic N) is 2. The van der Waals surface area contributed by atoms with Crippen LogP contribution in [0.15, 0.2) is 41.3 Å². The van der Waals surface area contributed by atoms with Crippen molar-refractivity contribution in [2.75, 3.05) is 13.7 Å². The minimum atomic E-state index is -0.330. The zero-order valence-corrected chi connectivity index (χ0v) is 11.0. The molecule has 19 heavy (non-hydrogen) atoms. The third kappa shape index (κ3) is 2.66. The van der Waals surface area contributed by atoms with Gasteiger partial charge in [-0.1, -0.05) is 30.3 Å². The van der Waals surface area contributed by atoms with E-state index in [1.54, 1.807) is 13.3 Å². The Balaban J connectivity index is 2.54. The molecule has 0 saturated carbocycles. The maximum atomic E-state index is 12.2. The summed E-state index contributed by atoms with van der Waals surface area (Å²) in [5.41, 5.74) is 1.11. The second kappa shape index (κ2) is 5.67. The number of rotatable bonds is 4. The van der Waals surface area contributed by atoms with Gasteiger partial charge in [0.05, 0.1) is 18.8 Å². The molecule has 2 rings (SSSR count). The van der Waals surface area contributed by atoms with Crippen LogP contribution in [0.2, 0.25) is 0 Å². The van der Waals surface area contributed by atoms with Crippen molar-refractivity contribution in [3.63, 3.8) is 0 Å². The zero-order valence-electron chi connectivity index (χ0n) is 11.0. The van der Waals surface area contributed by atoms with Crippen molar-refractivity contribution in [1.82, 2.24) is 9.13 Å². The Kier molecular flexibility index (Phi) is 3.97. The lowest BCUT2D eigenvalue weighted by Crippen LogP contribution is -2.28. The van der Waals surface area contributed by atoms with Gasteiger partial charge in [0.2, 0.25) is 5.91 Å². The summed E-state index contributed by atoms with van der Waals surface area (Å²) in [6.07, 6.45) is 1.69. The molecular weight excluding hydrogens is 244 g/mol. The Morgan fingerprint density at radius 3 is 2.53 bits per heavy atom. The summed E-state index contributed by atoms with van der Waals surface area (Å²) in [7, 11) is 1.57. The van der Waals surface area contributed by atoms with Gasteiger partial charge in [0.15, 0.2) is 0 Å². The summed E-state index contributed by atoms with van der Waals surface area (Å²) in [4.78, 5) is 23.8. The fraction of sp³-hybridized carbons (Fsp3) is 0.286. The Bertz CT molecular complexity index is 626. The van der Waals surface area contributed by atoms with E-state index in [4.69, 9.17) is 4.74 Å². The molecule has 5 nitrogen and oxygen atoms in total. The van der Waals surface area contributed by atoms with Gasteiger partial charge in [-0.3, -0.25) is 9.36 Å². The minimum Gasteiger partial charge on any atom is -0.383 e. The molecule has 100 valence electrons. The first-order valence-corrected chi connectivity index (χ1v) is 6.02. The van der Waals surface area contributed by atoms with Crippen LogP contribution in [-0.4, -0.2) is 28.8 Å². The number of hydrogen-bond donors (Lipinski definition) is 0. The van der Waals surface area contributed by atoms with E-state index in [1.807, 2.05) is 30.3 Å². The minimum absolute atomic E-state index is 0.292. The van der Waals surface area contributed by atoms with E-state index in [0.717, 1.165) is 5.56 Å². The van der Waals surface area contributed by atoms with Crippen LogP contribution in [0.3, 0.4) is 0 Å². The number of aromatic nitrogens is 2. The topological polar surface area (TPSA) is 53.2 Å². The molecule has 0 aliphatic carbocycles. The van der Waals surface area contributed by atoms with E-state index in [-0.39, 0.29) is 11.6 Å². The summed E-state index contributed by atoms with van der Waals surface area (Å²) in [5, 5.41) is 0. The van der Waals surface area contributed by atoms with Crippen molar-refractivity contribution in [3.05, 3.63) is 47.0 Å². The van der Waals surface area contributed by atoms with Gasteiger partial charge >= 0.3 is 5.69 Å². The average molecular weight is 260 g/mol. The maximum Gasteiger partial charge on any atom is 0.335 e. The van der Waals surface area contributed by atoms with Crippen molar-refractivity contribution in [1.29, 1.82) is 0 Å². The van der Waals surface area contributed by atoms with E-state index in [0.29, 0.717) is 18.8 Å². The van der Waals surface area contributed by atoms with Crippen LogP contribution < -0.4 is 5.69 Å². The highest BCUT2D eigenvalue weighted by Crippen LogP contribution is 2.17. The molecule has 0 aliphatic heterocycles. The number of carbonyl (C=O) groups excluding carboxylic acids is 1. The lowest BCUT2D eigenvalue weighted by Gasteiger charge is -2.02. The quantitative estimate of drug-likeness (QED) is 0.839. The second-order valence-corrected chi connectivity index (χ2v) is 4.20. The summed E-state index contributed by atoms with van der Waals surface area (Å²) in [6.45, 7) is 2.24. The van der Waals surface area contributed by atoms with Gasteiger partial charge in [-0.2, -0.15) is 0 Å². The number of hydrogen-bond acceptors (Lipinski definition) is 3. The van der Waals surface area contributed by atoms with E-state index in [1.165, 1.54) is 16.1 Å². The molecular formula is C14H16N2O3. The number of imidazole rings is 1. The van der Waals surface area contributed by atoms with Gasteiger partial charge in [0.25, 0.3) is 0 Å². The monoisotopic (exact) mass is 260 g/mol. The number of methoxy groups -OCH3 is 1. The van der Waals surface area contributed by atoms with Crippen LogP contribution in [0.1, 0.15) is 11.7 Å². The highest BCUT2D eigenvalue weighted by Gasteiger charge is 2.15. The fourth-order valence-electron chi connectivity index (χ4n) is 1.96. The molecule has 5 heteroatoms. The van der Waals surface area contributed by atoms with Gasteiger partial charge in [-0.05, 0) is 0 Å². The molecule has 0 radical (unpaired) electrons. The van der Waals surface area contributed by atoms with Crippen molar-refractivity contribution in [3.8, 4) is 11.3 Å². The first-order valence-electron chi connectivity index (χ1n) is 6.02. The molecule has 1 heterocycles. The largest absolute Gasteiger partial charge is 0.383 e. The van der Waals surface area contributed by atoms with Crippen molar-refractivity contribution in [2.24, 2.45) is 0 Å². The Morgan fingerprint density at radius 2 is 1.95 bits per heavy atom. The van der Waals surface area contributed by atoms with Crippen LogP contribution in [0.5, 0.6) is 0 Å². The van der Waals surface area contributed by atoms with Gasteiger partial charge in [0.1, 0.15) is 0 Å². The third-order valence-corrected chi connectivity index (χ3v) is 2.88. The zero-order chi connectivity index (χ0) is 13.8. The summed E-state index contributed by atoms with van der Waals surface area (Å²) in [5.74, 6) is -0.292. The molecule has 0 saturated heterocycles. The SMILES string of the molecule is COCCn1cc(-c2ccccc2)n(C(C)=O)c1=O. The summed E-state index contributed by atoms with van der Waals surface area (Å²) >= 11 is 0. The Hall–Kier alpha value is -2.14. The predicted molar refractivity (Wildman–Crippen MR) is 72.3 cm³/mol. The van der Waals surface area contributed by atoms with Crippen LogP contribution in [0.4, 0.5) is 0 Å². The van der Waals surface area contributed by atoms with Gasteiger partial charge in [-0.15, -0.1) is 0 Å². The molecule has 0 atom stereocenters. The smallest absolute Gasteiger partial charge is 0.335 e. The molecule has 2 aromatic rings. The fourth-order valence-corrected chi connectivity index (χ4v) is 1.96. The van der Waals surface area contributed by atoms with Gasteiger partial charge in [-0.25, -0.2) is 9.36 Å². The van der Waals surface area contributed by atoms with E-state index in [2.05, 4.69) is 0 Å². The predicted octanol–water partition coefficient (Wildman–Crippen LogP) is 1.62. The maximum absolute atomic E-state index is 12.2. The summed E-state index contributed by atoms with van der Waals surface area (Å²) in [6, 6.07) is 9.37. The normalized spacial score (nSPS) is 10.6. The number of benzene rings is 1. The highest BCUT2D eigenvalue weighted by molar-refractivity contribution is 5.81. The lowest BCUT2D eigenvalue weighted by atomic mass is 10.2. The molecule has 0 amide bonds. The second-order valence-electron chi connectivity index (χ2n) is 4.20. The standard InChI is InChI=1S/C14H16N2O3/c1-11(17)16-13(12-6-4-3-5-7-12)10-15(14(16)18)8-9-19-2/h3-7,10H,8-9H2,1-2H3. The van der Waals surface area contributed by atoms with Crippen molar-refractivity contribution in [2.45, 2.75) is 13.5 Å². The average Bonchev–Trinajstić information content (AvgIpc) is 2.74. The van der Waals surface area contributed by atoms with Crippen molar-refractivity contribution < 1.29 is 9.53 Å². The number of carbonyl (C=O) groups is 1. The first kappa shape index (κ1) is 13.3.